The van der Waals surface area contributed by atoms with E-state index in [1.807, 2.05) is 32.0 Å². The number of aromatic nitrogens is 2. The van der Waals surface area contributed by atoms with Gasteiger partial charge in [0.15, 0.2) is 0 Å². The lowest BCUT2D eigenvalue weighted by atomic mass is 10.2. The molecule has 0 bridgehead atoms. The number of hydrogen-bond acceptors (Lipinski definition) is 2. The Bertz CT molecular complexity index is 575. The van der Waals surface area contributed by atoms with Gasteiger partial charge in [-0.05, 0) is 18.2 Å². The molecule has 1 heterocycles. The lowest BCUT2D eigenvalue weighted by Crippen LogP contribution is -2.12. The van der Waals surface area contributed by atoms with Crippen LogP contribution in [0.15, 0.2) is 22.7 Å². The summed E-state index contributed by atoms with van der Waals surface area (Å²) in [6.45, 7) is 3.97. The first kappa shape index (κ1) is 12.1. The van der Waals surface area contributed by atoms with Crippen LogP contribution in [0.4, 0.5) is 0 Å². The SMILES string of the molecule is CC(C)c1nc2cc(Br)ccc2n1CC(=O)O. The zero-order valence-corrected chi connectivity index (χ0v) is 11.2. The number of rotatable bonds is 3. The molecule has 0 radical (unpaired) electrons. The molecule has 2 rings (SSSR count). The molecule has 0 aliphatic rings. The zero-order valence-electron chi connectivity index (χ0n) is 9.64. The van der Waals surface area contributed by atoms with Crippen LogP contribution in [0.1, 0.15) is 25.6 Å². The summed E-state index contributed by atoms with van der Waals surface area (Å²) in [5, 5.41) is 8.95. The van der Waals surface area contributed by atoms with Crippen molar-refractivity contribution in [2.24, 2.45) is 0 Å². The van der Waals surface area contributed by atoms with E-state index in [0.29, 0.717) is 0 Å². The number of hydrogen-bond donors (Lipinski definition) is 1. The molecule has 1 aromatic carbocycles. The van der Waals surface area contributed by atoms with E-state index in [1.54, 1.807) is 4.57 Å². The van der Waals surface area contributed by atoms with Gasteiger partial charge in [-0.2, -0.15) is 0 Å². The van der Waals surface area contributed by atoms with Gasteiger partial charge in [-0.25, -0.2) is 4.98 Å². The molecular weight excluding hydrogens is 284 g/mol. The highest BCUT2D eigenvalue weighted by molar-refractivity contribution is 9.10. The normalized spacial score (nSPS) is 11.3. The van der Waals surface area contributed by atoms with Gasteiger partial charge in [0, 0.05) is 10.4 Å². The largest absolute Gasteiger partial charge is 0.480 e. The van der Waals surface area contributed by atoms with Crippen LogP contribution in [0.5, 0.6) is 0 Å². The molecule has 90 valence electrons. The second-order valence-corrected chi connectivity index (χ2v) is 5.15. The Morgan fingerprint density at radius 3 is 2.82 bits per heavy atom. The molecule has 1 N–H and O–H groups in total. The smallest absolute Gasteiger partial charge is 0.323 e. The third-order valence-corrected chi connectivity index (χ3v) is 3.04. The highest BCUT2D eigenvalue weighted by Crippen LogP contribution is 2.24. The lowest BCUT2D eigenvalue weighted by molar-refractivity contribution is -0.137. The molecule has 0 saturated heterocycles. The van der Waals surface area contributed by atoms with Crippen LogP contribution in [0.25, 0.3) is 11.0 Å². The number of imidazole rings is 1. The molecule has 0 saturated carbocycles. The molecule has 0 unspecified atom stereocenters. The van der Waals surface area contributed by atoms with E-state index in [9.17, 15) is 4.79 Å². The Kier molecular flexibility index (Phi) is 3.19. The molecular formula is C12H13BrN2O2. The van der Waals surface area contributed by atoms with Crippen LogP contribution in [0, 0.1) is 0 Å². The minimum absolute atomic E-state index is 0.0500. The fourth-order valence-electron chi connectivity index (χ4n) is 1.86. The van der Waals surface area contributed by atoms with Gasteiger partial charge in [-0.15, -0.1) is 0 Å². The fourth-order valence-corrected chi connectivity index (χ4v) is 2.21. The summed E-state index contributed by atoms with van der Waals surface area (Å²) >= 11 is 3.39. The molecule has 17 heavy (non-hydrogen) atoms. The summed E-state index contributed by atoms with van der Waals surface area (Å²) in [5.41, 5.74) is 1.68. The molecule has 2 aromatic rings. The Morgan fingerprint density at radius 2 is 2.24 bits per heavy atom. The molecule has 0 aliphatic carbocycles. The number of carboxylic acid groups (broad SMARTS) is 1. The quantitative estimate of drug-likeness (QED) is 0.947. The first-order valence-corrected chi connectivity index (χ1v) is 6.16. The first-order valence-electron chi connectivity index (χ1n) is 5.36. The van der Waals surface area contributed by atoms with Gasteiger partial charge in [0.2, 0.25) is 0 Å². The second kappa shape index (κ2) is 4.49. The van der Waals surface area contributed by atoms with Crippen molar-refractivity contribution in [2.75, 3.05) is 0 Å². The fraction of sp³-hybridized carbons (Fsp3) is 0.333. The predicted molar refractivity (Wildman–Crippen MR) is 69.2 cm³/mol. The molecule has 0 fully saturated rings. The molecule has 4 nitrogen and oxygen atoms in total. The molecule has 1 aromatic heterocycles. The van der Waals surface area contributed by atoms with Crippen LogP contribution < -0.4 is 0 Å². The van der Waals surface area contributed by atoms with Gasteiger partial charge in [-0.1, -0.05) is 29.8 Å². The Balaban J connectivity index is 2.66. The van der Waals surface area contributed by atoms with E-state index in [2.05, 4.69) is 20.9 Å². The molecule has 0 spiro atoms. The summed E-state index contributed by atoms with van der Waals surface area (Å²) in [7, 11) is 0. The summed E-state index contributed by atoms with van der Waals surface area (Å²) < 4.78 is 2.70. The average molecular weight is 297 g/mol. The Hall–Kier alpha value is -1.36. The number of halogens is 1. The number of nitrogens with zero attached hydrogens (tertiary/aromatic N) is 2. The van der Waals surface area contributed by atoms with Gasteiger partial charge in [-0.3, -0.25) is 4.79 Å². The number of carboxylic acids is 1. The molecule has 5 heteroatoms. The number of carbonyl (C=O) groups is 1. The summed E-state index contributed by atoms with van der Waals surface area (Å²) in [4.78, 5) is 15.4. The predicted octanol–water partition coefficient (Wildman–Crippen LogP) is 3.01. The van der Waals surface area contributed by atoms with Crippen molar-refractivity contribution in [1.82, 2.24) is 9.55 Å². The maximum atomic E-state index is 10.9. The minimum atomic E-state index is -0.853. The van der Waals surface area contributed by atoms with Gasteiger partial charge < -0.3 is 9.67 Å². The minimum Gasteiger partial charge on any atom is -0.480 e. The van der Waals surface area contributed by atoms with E-state index >= 15 is 0 Å². The van der Waals surface area contributed by atoms with Crippen molar-refractivity contribution < 1.29 is 9.90 Å². The number of fused-ring (bicyclic) bond motifs is 1. The van der Waals surface area contributed by atoms with Crippen molar-refractivity contribution in [2.45, 2.75) is 26.3 Å². The number of aliphatic carboxylic acids is 1. The third-order valence-electron chi connectivity index (χ3n) is 2.55. The van der Waals surface area contributed by atoms with Crippen LogP contribution in [-0.4, -0.2) is 20.6 Å². The standard InChI is InChI=1S/C12H13BrN2O2/c1-7(2)12-14-9-5-8(13)3-4-10(9)15(12)6-11(16)17/h3-5,7H,6H2,1-2H3,(H,16,17). The van der Waals surface area contributed by atoms with Crippen molar-refractivity contribution in [3.63, 3.8) is 0 Å². The van der Waals surface area contributed by atoms with Gasteiger partial charge in [0.25, 0.3) is 0 Å². The highest BCUT2D eigenvalue weighted by atomic mass is 79.9. The number of benzene rings is 1. The summed E-state index contributed by atoms with van der Waals surface area (Å²) in [6, 6.07) is 5.69. The Morgan fingerprint density at radius 1 is 1.53 bits per heavy atom. The van der Waals surface area contributed by atoms with E-state index in [4.69, 9.17) is 5.11 Å². The second-order valence-electron chi connectivity index (χ2n) is 4.24. The van der Waals surface area contributed by atoms with Crippen LogP contribution in [0.2, 0.25) is 0 Å². The summed E-state index contributed by atoms with van der Waals surface area (Å²) in [6.07, 6.45) is 0. The maximum Gasteiger partial charge on any atom is 0.323 e. The van der Waals surface area contributed by atoms with Gasteiger partial charge in [0.1, 0.15) is 12.4 Å². The lowest BCUT2D eigenvalue weighted by Gasteiger charge is -2.08. The van der Waals surface area contributed by atoms with Crippen LogP contribution in [0.3, 0.4) is 0 Å². The van der Waals surface area contributed by atoms with E-state index in [0.717, 1.165) is 21.3 Å². The van der Waals surface area contributed by atoms with Crippen molar-refractivity contribution in [3.8, 4) is 0 Å². The van der Waals surface area contributed by atoms with Crippen LogP contribution in [-0.2, 0) is 11.3 Å². The molecule has 0 atom stereocenters. The van der Waals surface area contributed by atoms with Crippen molar-refractivity contribution in [3.05, 3.63) is 28.5 Å². The zero-order chi connectivity index (χ0) is 12.6. The molecule has 0 aliphatic heterocycles. The first-order chi connectivity index (χ1) is 7.99. The maximum absolute atomic E-state index is 10.9. The third kappa shape index (κ3) is 2.34. The van der Waals surface area contributed by atoms with Crippen molar-refractivity contribution in [1.29, 1.82) is 0 Å². The van der Waals surface area contributed by atoms with Gasteiger partial charge in [0.05, 0.1) is 11.0 Å². The highest BCUT2D eigenvalue weighted by Gasteiger charge is 2.15. The van der Waals surface area contributed by atoms with E-state index in [-0.39, 0.29) is 12.5 Å². The topological polar surface area (TPSA) is 55.1 Å². The van der Waals surface area contributed by atoms with Crippen molar-refractivity contribution >= 4 is 32.9 Å². The average Bonchev–Trinajstić information content (AvgIpc) is 2.55. The van der Waals surface area contributed by atoms with E-state index < -0.39 is 5.97 Å². The van der Waals surface area contributed by atoms with E-state index in [1.165, 1.54) is 0 Å². The molecule has 0 amide bonds. The monoisotopic (exact) mass is 296 g/mol. The van der Waals surface area contributed by atoms with Gasteiger partial charge >= 0.3 is 5.97 Å². The summed E-state index contributed by atoms with van der Waals surface area (Å²) in [5.74, 6) is 0.148. The van der Waals surface area contributed by atoms with Crippen LogP contribution >= 0.6 is 15.9 Å². The Labute approximate surface area is 107 Å².